The summed E-state index contributed by atoms with van der Waals surface area (Å²) in [6.45, 7) is 11.1. The van der Waals surface area contributed by atoms with Gasteiger partial charge in [0.1, 0.15) is 11.6 Å². The maximum absolute atomic E-state index is 12.4. The van der Waals surface area contributed by atoms with Gasteiger partial charge in [0, 0.05) is 67.2 Å². The number of carbonyl (C=O) groups is 2. The molecule has 12 heteroatoms. The van der Waals surface area contributed by atoms with Crippen molar-refractivity contribution in [3.05, 3.63) is 40.1 Å². The highest BCUT2D eigenvalue weighted by Crippen LogP contribution is 2.37. The molecule has 0 unspecified atom stereocenters. The highest BCUT2D eigenvalue weighted by Gasteiger charge is 2.28. The Morgan fingerprint density at radius 1 is 1.00 bits per heavy atom. The summed E-state index contributed by atoms with van der Waals surface area (Å²) >= 11 is 1.35. The Morgan fingerprint density at radius 3 is 2.38 bits per heavy atom. The SMILES string of the molecule is CC(C)(C)c1nc(C2CCC2)cc(N2CCN(CCCSc3nc4c(c(=O)[nH]3)OC(=O)/C=C/C(=O)O4)CC2)n1. The Balaban J connectivity index is 1.13. The second-order valence-corrected chi connectivity index (χ2v) is 12.1. The summed E-state index contributed by atoms with van der Waals surface area (Å²) in [7, 11) is 0. The van der Waals surface area contributed by atoms with Crippen molar-refractivity contribution < 1.29 is 19.1 Å². The number of nitrogens with one attached hydrogen (secondary N) is 1. The smallest absolute Gasteiger partial charge is 0.337 e. The molecule has 1 saturated carbocycles. The Morgan fingerprint density at radius 2 is 1.72 bits per heavy atom. The van der Waals surface area contributed by atoms with Crippen LogP contribution in [0.4, 0.5) is 5.82 Å². The van der Waals surface area contributed by atoms with Gasteiger partial charge in [-0.2, -0.15) is 4.98 Å². The molecule has 0 atom stereocenters. The number of nitrogens with zero attached hydrogens (tertiary/aromatic N) is 5. The minimum atomic E-state index is -0.839. The molecule has 208 valence electrons. The maximum atomic E-state index is 12.4. The second kappa shape index (κ2) is 11.5. The van der Waals surface area contributed by atoms with Crippen LogP contribution >= 0.6 is 11.8 Å². The van der Waals surface area contributed by atoms with Crippen LogP contribution in [0.3, 0.4) is 0 Å². The number of hydrogen-bond donors (Lipinski definition) is 1. The van der Waals surface area contributed by atoms with Gasteiger partial charge < -0.3 is 14.4 Å². The van der Waals surface area contributed by atoms with E-state index < -0.39 is 23.2 Å². The van der Waals surface area contributed by atoms with Gasteiger partial charge in [0.25, 0.3) is 17.2 Å². The van der Waals surface area contributed by atoms with Crippen molar-refractivity contribution in [1.82, 2.24) is 24.8 Å². The van der Waals surface area contributed by atoms with Gasteiger partial charge in [-0.1, -0.05) is 39.0 Å². The summed E-state index contributed by atoms with van der Waals surface area (Å²) in [5.74, 6) is 0.887. The lowest BCUT2D eigenvalue weighted by molar-refractivity contribution is -0.133. The molecule has 2 aromatic heterocycles. The first kappa shape index (κ1) is 27.3. The monoisotopic (exact) mass is 554 g/mol. The summed E-state index contributed by atoms with van der Waals surface area (Å²) < 4.78 is 9.97. The third-order valence-electron chi connectivity index (χ3n) is 7.06. The fraction of sp³-hybridized carbons (Fsp3) is 0.556. The third kappa shape index (κ3) is 6.67. The lowest BCUT2D eigenvalue weighted by atomic mass is 9.82. The van der Waals surface area contributed by atoms with E-state index in [1.54, 1.807) is 0 Å². The normalized spacial score (nSPS) is 19.4. The number of esters is 2. The number of rotatable bonds is 7. The van der Waals surface area contributed by atoms with Crippen LogP contribution in [0.1, 0.15) is 63.9 Å². The first-order valence-electron chi connectivity index (χ1n) is 13.4. The topological polar surface area (TPSA) is 131 Å². The average Bonchev–Trinajstić information content (AvgIpc) is 2.85. The molecule has 2 aliphatic heterocycles. The summed E-state index contributed by atoms with van der Waals surface area (Å²) in [5.41, 5.74) is 0.433. The number of aromatic amines is 1. The molecule has 11 nitrogen and oxygen atoms in total. The van der Waals surface area contributed by atoms with E-state index in [1.165, 1.54) is 36.7 Å². The average molecular weight is 555 g/mol. The number of fused-ring (bicyclic) bond motifs is 1. The zero-order valence-electron chi connectivity index (χ0n) is 22.6. The Hall–Kier alpha value is -3.25. The number of hydrogen-bond acceptors (Lipinski definition) is 11. The molecule has 5 rings (SSSR count). The van der Waals surface area contributed by atoms with Crippen molar-refractivity contribution in [2.45, 2.75) is 62.9 Å². The van der Waals surface area contributed by atoms with Crippen LogP contribution in [0.15, 0.2) is 28.2 Å². The quantitative estimate of drug-likeness (QED) is 0.235. The minimum absolute atomic E-state index is 0.0904. The maximum Gasteiger partial charge on any atom is 0.337 e. The predicted octanol–water partition coefficient (Wildman–Crippen LogP) is 2.81. The van der Waals surface area contributed by atoms with Crippen LogP contribution in [-0.2, 0) is 15.0 Å². The van der Waals surface area contributed by atoms with E-state index in [2.05, 4.69) is 46.6 Å². The predicted molar refractivity (Wildman–Crippen MR) is 147 cm³/mol. The first-order chi connectivity index (χ1) is 18.7. The highest BCUT2D eigenvalue weighted by atomic mass is 32.2. The van der Waals surface area contributed by atoms with Crippen LogP contribution in [-0.4, -0.2) is 75.3 Å². The highest BCUT2D eigenvalue weighted by molar-refractivity contribution is 7.99. The van der Waals surface area contributed by atoms with Gasteiger partial charge in [0.05, 0.1) is 0 Å². The molecule has 0 spiro atoms. The molecule has 0 bridgehead atoms. The Bertz CT molecular complexity index is 1320. The van der Waals surface area contributed by atoms with E-state index in [-0.39, 0.29) is 11.3 Å². The number of carbonyl (C=O) groups excluding carboxylic acids is 2. The standard InChI is InChI=1S/C27H34N6O5S/c1-27(2,3)25-28-18(17-6-4-7-17)16-19(29-25)33-13-11-32(12-14-33)10-5-15-39-26-30-23(36)22-24(31-26)38-21(35)9-8-20(34)37-22/h8-9,16-17H,4-7,10-15H2,1-3H3,(H,30,31,36)/b9-8+. The molecule has 2 fully saturated rings. The van der Waals surface area contributed by atoms with Gasteiger partial charge in [-0.15, -0.1) is 0 Å². The van der Waals surface area contributed by atoms with Gasteiger partial charge in [0.2, 0.25) is 0 Å². The Kier molecular flexibility index (Phi) is 8.03. The third-order valence-corrected chi connectivity index (χ3v) is 8.02. The lowest BCUT2D eigenvalue weighted by Gasteiger charge is -2.36. The number of thioether (sulfide) groups is 1. The van der Waals surface area contributed by atoms with Gasteiger partial charge in [-0.05, 0) is 25.8 Å². The van der Waals surface area contributed by atoms with Crippen molar-refractivity contribution in [3.63, 3.8) is 0 Å². The molecule has 0 aromatic carbocycles. The molecule has 1 saturated heterocycles. The van der Waals surface area contributed by atoms with Crippen molar-refractivity contribution in [1.29, 1.82) is 0 Å². The molecule has 39 heavy (non-hydrogen) atoms. The zero-order valence-corrected chi connectivity index (χ0v) is 23.4. The van der Waals surface area contributed by atoms with E-state index in [0.29, 0.717) is 16.8 Å². The van der Waals surface area contributed by atoms with Gasteiger partial charge in [-0.25, -0.2) is 19.6 Å². The summed E-state index contributed by atoms with van der Waals surface area (Å²) in [4.78, 5) is 57.2. The van der Waals surface area contributed by atoms with Crippen molar-refractivity contribution in [2.75, 3.05) is 43.4 Å². The van der Waals surface area contributed by atoms with E-state index >= 15 is 0 Å². The number of anilines is 1. The van der Waals surface area contributed by atoms with Crippen LogP contribution in [0.25, 0.3) is 0 Å². The molecule has 0 amide bonds. The molecule has 1 N–H and O–H groups in total. The van der Waals surface area contributed by atoms with Crippen molar-refractivity contribution in [2.24, 2.45) is 0 Å². The van der Waals surface area contributed by atoms with Gasteiger partial charge >= 0.3 is 11.9 Å². The number of aromatic nitrogens is 4. The second-order valence-electron chi connectivity index (χ2n) is 11.1. The molecule has 4 heterocycles. The van der Waals surface area contributed by atoms with Crippen LogP contribution < -0.4 is 19.9 Å². The summed E-state index contributed by atoms with van der Waals surface area (Å²) in [6, 6.07) is 2.20. The zero-order chi connectivity index (χ0) is 27.6. The number of piperazine rings is 1. The molecule has 3 aliphatic rings. The van der Waals surface area contributed by atoms with E-state index in [4.69, 9.17) is 19.4 Å². The largest absolute Gasteiger partial charge is 0.412 e. The van der Waals surface area contributed by atoms with Crippen LogP contribution in [0.5, 0.6) is 11.6 Å². The van der Waals surface area contributed by atoms with E-state index in [1.807, 2.05) is 0 Å². The minimum Gasteiger partial charge on any atom is -0.412 e. The Labute approximate surface area is 231 Å². The van der Waals surface area contributed by atoms with E-state index in [0.717, 1.165) is 62.9 Å². The molecular weight excluding hydrogens is 520 g/mol. The molecule has 2 aromatic rings. The first-order valence-corrected chi connectivity index (χ1v) is 14.4. The number of ether oxygens (including phenoxy) is 2. The van der Waals surface area contributed by atoms with Gasteiger partial charge in [0.15, 0.2) is 5.16 Å². The molecular formula is C27H34N6O5S. The molecule has 0 radical (unpaired) electrons. The lowest BCUT2D eigenvalue weighted by Crippen LogP contribution is -2.47. The molecule has 1 aliphatic carbocycles. The van der Waals surface area contributed by atoms with Gasteiger partial charge in [-0.3, -0.25) is 14.7 Å². The summed E-state index contributed by atoms with van der Waals surface area (Å²) in [5, 5.41) is 0.303. The van der Waals surface area contributed by atoms with Crippen LogP contribution in [0, 0.1) is 0 Å². The fourth-order valence-electron chi connectivity index (χ4n) is 4.57. The fourth-order valence-corrected chi connectivity index (χ4v) is 5.35. The number of H-pyrrole nitrogens is 1. The van der Waals surface area contributed by atoms with E-state index in [9.17, 15) is 14.4 Å². The van der Waals surface area contributed by atoms with Crippen molar-refractivity contribution >= 4 is 29.5 Å². The van der Waals surface area contributed by atoms with Crippen LogP contribution in [0.2, 0.25) is 0 Å². The van der Waals surface area contributed by atoms with Crippen molar-refractivity contribution in [3.8, 4) is 11.6 Å². The summed E-state index contributed by atoms with van der Waals surface area (Å²) in [6.07, 6.45) is 6.44.